The molecule has 4 N–H and O–H groups in total. The van der Waals surface area contributed by atoms with Crippen LogP contribution in [0.25, 0.3) is 0 Å². The van der Waals surface area contributed by atoms with Crippen LogP contribution >= 0.6 is 0 Å². The Morgan fingerprint density at radius 3 is 1.68 bits per heavy atom. The van der Waals surface area contributed by atoms with Crippen LogP contribution in [0, 0.1) is 0 Å². The van der Waals surface area contributed by atoms with Crippen molar-refractivity contribution >= 4 is 5.97 Å². The van der Waals surface area contributed by atoms with E-state index in [0.29, 0.717) is 38.5 Å². The first-order valence-corrected chi connectivity index (χ1v) is 11.0. The molecule has 1 heterocycles. The third-order valence-corrected chi connectivity index (χ3v) is 6.17. The van der Waals surface area contributed by atoms with Gasteiger partial charge in [-0.15, -0.1) is 0 Å². The average Bonchev–Trinajstić information content (AvgIpc) is 2.91. The van der Waals surface area contributed by atoms with E-state index in [4.69, 9.17) is 4.74 Å². The number of rotatable bonds is 14. The zero-order valence-electron chi connectivity index (χ0n) is 18.1. The smallest absolute Gasteiger partial charge is 0.378 e. The molecule has 0 aromatic heterocycles. The van der Waals surface area contributed by atoms with E-state index in [9.17, 15) is 25.2 Å². The quantitative estimate of drug-likeness (QED) is 0.311. The van der Waals surface area contributed by atoms with Gasteiger partial charge < -0.3 is 25.2 Å². The van der Waals surface area contributed by atoms with Gasteiger partial charge in [0.15, 0.2) is 5.76 Å². The Labute approximate surface area is 169 Å². The predicted molar refractivity (Wildman–Crippen MR) is 109 cm³/mol. The molecule has 0 aliphatic carbocycles. The Bertz CT molecular complexity index is 535. The molecule has 0 aromatic carbocycles. The first-order valence-electron chi connectivity index (χ1n) is 11.0. The van der Waals surface area contributed by atoms with Crippen LogP contribution in [0.3, 0.4) is 0 Å². The lowest BCUT2D eigenvalue weighted by molar-refractivity contribution is -0.255. The fraction of sp³-hybridized carbons (Fsp3) is 0.864. The van der Waals surface area contributed by atoms with Crippen LogP contribution < -0.4 is 0 Å². The van der Waals surface area contributed by atoms with Crippen molar-refractivity contribution in [2.45, 2.75) is 122 Å². The van der Waals surface area contributed by atoms with Gasteiger partial charge in [-0.25, -0.2) is 4.79 Å². The second kappa shape index (κ2) is 10.5. The van der Waals surface area contributed by atoms with E-state index in [2.05, 4.69) is 0 Å². The highest BCUT2D eigenvalue weighted by Gasteiger charge is 2.68. The molecule has 2 atom stereocenters. The van der Waals surface area contributed by atoms with Gasteiger partial charge in [-0.3, -0.25) is 0 Å². The van der Waals surface area contributed by atoms with Crippen LogP contribution in [0.2, 0.25) is 0 Å². The first kappa shape index (κ1) is 24.8. The maximum absolute atomic E-state index is 12.2. The fourth-order valence-corrected chi connectivity index (χ4v) is 4.35. The van der Waals surface area contributed by atoms with Crippen LogP contribution in [0.5, 0.6) is 0 Å². The molecule has 0 spiro atoms. The average molecular weight is 401 g/mol. The summed E-state index contributed by atoms with van der Waals surface area (Å²) in [6.45, 7) is 7.95. The Hall–Kier alpha value is -1.27. The molecule has 0 saturated heterocycles. The Kier molecular flexibility index (Phi) is 9.28. The third-order valence-electron chi connectivity index (χ3n) is 6.17. The van der Waals surface area contributed by atoms with Gasteiger partial charge in [0, 0.05) is 0 Å². The second-order valence-corrected chi connectivity index (χ2v) is 8.22. The van der Waals surface area contributed by atoms with Gasteiger partial charge in [0.05, 0.1) is 5.60 Å². The highest BCUT2D eigenvalue weighted by molar-refractivity contribution is 5.90. The van der Waals surface area contributed by atoms with Crippen LogP contribution in [0.15, 0.2) is 11.5 Å². The number of carbonyl (C=O) groups is 1. The Morgan fingerprint density at radius 1 is 0.821 bits per heavy atom. The van der Waals surface area contributed by atoms with Crippen LogP contribution in [-0.2, 0) is 9.53 Å². The van der Waals surface area contributed by atoms with Crippen molar-refractivity contribution < 1.29 is 30.0 Å². The summed E-state index contributed by atoms with van der Waals surface area (Å²) in [5.41, 5.74) is -5.25. The van der Waals surface area contributed by atoms with Crippen molar-refractivity contribution in [1.82, 2.24) is 0 Å². The second-order valence-electron chi connectivity index (χ2n) is 8.22. The van der Waals surface area contributed by atoms with E-state index in [-0.39, 0.29) is 12.8 Å². The molecule has 164 valence electrons. The van der Waals surface area contributed by atoms with Crippen LogP contribution in [0.1, 0.15) is 105 Å². The number of hydrogen-bond acceptors (Lipinski definition) is 6. The molecular weight excluding hydrogens is 360 g/mol. The maximum Gasteiger partial charge on any atom is 0.378 e. The van der Waals surface area contributed by atoms with E-state index in [1.54, 1.807) is 0 Å². The molecule has 0 aromatic rings. The highest BCUT2D eigenvalue weighted by Crippen LogP contribution is 2.52. The minimum absolute atomic E-state index is 0.145. The van der Waals surface area contributed by atoms with E-state index in [1.807, 2.05) is 27.7 Å². The largest absolute Gasteiger partial charge is 0.505 e. The maximum atomic E-state index is 12.2. The summed E-state index contributed by atoms with van der Waals surface area (Å²) in [5, 5.41) is 44.7. The van der Waals surface area contributed by atoms with Gasteiger partial charge in [-0.2, -0.15) is 0 Å². The molecule has 0 unspecified atom stereocenters. The number of aliphatic hydroxyl groups excluding tert-OH is 2. The number of ether oxygens (including phenoxy) is 1. The minimum Gasteiger partial charge on any atom is -0.505 e. The molecule has 0 radical (unpaired) electrons. The number of cyclic esters (lactones) is 1. The molecule has 6 nitrogen and oxygen atoms in total. The summed E-state index contributed by atoms with van der Waals surface area (Å²) in [6, 6.07) is 0. The van der Waals surface area contributed by atoms with Gasteiger partial charge in [0.1, 0.15) is 5.60 Å². The number of aliphatic hydroxyl groups is 4. The van der Waals surface area contributed by atoms with Crippen molar-refractivity contribution in [3.63, 3.8) is 0 Å². The summed E-state index contributed by atoms with van der Waals surface area (Å²) in [5.74, 6) is -2.55. The van der Waals surface area contributed by atoms with Gasteiger partial charge in [-0.05, 0) is 32.1 Å². The van der Waals surface area contributed by atoms with Gasteiger partial charge in [0.25, 0.3) is 0 Å². The number of esters is 1. The molecule has 0 bridgehead atoms. The highest BCUT2D eigenvalue weighted by atomic mass is 16.6. The Balaban J connectivity index is 3.60. The van der Waals surface area contributed by atoms with Crippen molar-refractivity contribution in [3.8, 4) is 0 Å². The van der Waals surface area contributed by atoms with Crippen LogP contribution in [0.4, 0.5) is 0 Å². The summed E-state index contributed by atoms with van der Waals surface area (Å²) in [4.78, 5) is 12.2. The van der Waals surface area contributed by atoms with E-state index in [0.717, 1.165) is 25.7 Å². The minimum atomic E-state index is -1.89. The zero-order valence-corrected chi connectivity index (χ0v) is 18.1. The lowest BCUT2D eigenvalue weighted by atomic mass is 9.62. The Morgan fingerprint density at radius 2 is 1.29 bits per heavy atom. The normalized spacial score (nSPS) is 22.4. The van der Waals surface area contributed by atoms with Crippen molar-refractivity contribution in [1.29, 1.82) is 0 Å². The van der Waals surface area contributed by atoms with Crippen molar-refractivity contribution in [3.05, 3.63) is 11.5 Å². The summed E-state index contributed by atoms with van der Waals surface area (Å²) >= 11 is 0. The first-order chi connectivity index (χ1) is 13.2. The predicted octanol–water partition coefficient (Wildman–Crippen LogP) is 4.83. The lowest BCUT2D eigenvalue weighted by Crippen LogP contribution is -2.68. The summed E-state index contributed by atoms with van der Waals surface area (Å²) in [6.07, 6.45) is 6.74. The zero-order chi connectivity index (χ0) is 21.4. The van der Waals surface area contributed by atoms with Gasteiger partial charge in [0.2, 0.25) is 11.4 Å². The molecule has 6 heteroatoms. The third kappa shape index (κ3) is 4.48. The monoisotopic (exact) mass is 400 g/mol. The fourth-order valence-electron chi connectivity index (χ4n) is 4.35. The molecule has 0 fully saturated rings. The number of hydrogen-bond donors (Lipinski definition) is 4. The standard InChI is InChI=1S/C22H40O6/c1-5-9-13-20(26,14-10-6-2)22(27,16-12-8-4)21(15-11-7-3)18(24)17(23)19(25)28-21/h23-24,26-27H,5-16H2,1-4H3/t21-,22-/m0/s1. The number of unbranched alkanes of at least 4 members (excludes halogenated alkanes) is 4. The molecule has 1 aliphatic heterocycles. The van der Waals surface area contributed by atoms with Gasteiger partial charge >= 0.3 is 5.97 Å². The SMILES string of the molecule is CCCCC(O)(CCCC)[C@@](O)(CCCC)[C@@]1(CCCC)OC(=O)C(O)=C1O. The van der Waals surface area contributed by atoms with Crippen molar-refractivity contribution in [2.24, 2.45) is 0 Å². The van der Waals surface area contributed by atoms with Gasteiger partial charge in [-0.1, -0.05) is 72.6 Å². The molecule has 0 amide bonds. The van der Waals surface area contributed by atoms with Crippen LogP contribution in [-0.4, -0.2) is 43.2 Å². The topological polar surface area (TPSA) is 107 Å². The van der Waals surface area contributed by atoms with E-state index >= 15 is 0 Å². The van der Waals surface area contributed by atoms with E-state index < -0.39 is 34.3 Å². The summed E-state index contributed by atoms with van der Waals surface area (Å²) < 4.78 is 5.52. The molecule has 0 saturated carbocycles. The van der Waals surface area contributed by atoms with Crippen molar-refractivity contribution in [2.75, 3.05) is 0 Å². The molecular formula is C22H40O6. The molecule has 1 aliphatic rings. The number of carbonyl (C=O) groups excluding carboxylic acids is 1. The summed E-state index contributed by atoms with van der Waals surface area (Å²) in [7, 11) is 0. The van der Waals surface area contributed by atoms with E-state index in [1.165, 1.54) is 0 Å². The molecule has 1 rings (SSSR count). The lowest BCUT2D eigenvalue weighted by Gasteiger charge is -2.52. The molecule has 28 heavy (non-hydrogen) atoms.